The zero-order valence-corrected chi connectivity index (χ0v) is 14.0. The molecule has 0 heterocycles. The fraction of sp³-hybridized carbons (Fsp3) is 0.438. The van der Waals surface area contributed by atoms with E-state index in [-0.39, 0.29) is 17.2 Å². The number of nitro groups is 1. The third-order valence-electron chi connectivity index (χ3n) is 3.76. The van der Waals surface area contributed by atoms with Crippen LogP contribution < -0.4 is 5.32 Å². The topological polar surface area (TPSA) is 122 Å². The van der Waals surface area contributed by atoms with E-state index in [9.17, 15) is 19.7 Å². The van der Waals surface area contributed by atoms with E-state index in [0.29, 0.717) is 5.56 Å². The number of aryl methyl sites for hydroxylation is 1. The summed E-state index contributed by atoms with van der Waals surface area (Å²) in [6, 6.07) is 6.25. The second-order valence-electron chi connectivity index (χ2n) is 5.82. The van der Waals surface area contributed by atoms with E-state index in [1.807, 2.05) is 6.07 Å². The van der Waals surface area contributed by atoms with Gasteiger partial charge < -0.3 is 10.1 Å². The van der Waals surface area contributed by atoms with E-state index in [0.717, 1.165) is 0 Å². The Hall–Kier alpha value is -2.95. The fourth-order valence-electron chi connectivity index (χ4n) is 1.90. The predicted molar refractivity (Wildman–Crippen MR) is 85.1 cm³/mol. The third kappa shape index (κ3) is 4.29. The minimum absolute atomic E-state index is 0.153. The van der Waals surface area contributed by atoms with Crippen molar-refractivity contribution in [3.63, 3.8) is 0 Å². The summed E-state index contributed by atoms with van der Waals surface area (Å²) >= 11 is 0. The van der Waals surface area contributed by atoms with Crippen molar-refractivity contribution in [2.24, 2.45) is 5.92 Å². The van der Waals surface area contributed by atoms with Crippen LogP contribution in [-0.2, 0) is 9.53 Å². The molecular weight excluding hydrogens is 314 g/mol. The number of hydrogen-bond acceptors (Lipinski definition) is 6. The predicted octanol–water partition coefficient (Wildman–Crippen LogP) is 2.11. The Morgan fingerprint density at radius 2 is 2.08 bits per heavy atom. The summed E-state index contributed by atoms with van der Waals surface area (Å²) in [4.78, 5) is 34.3. The standard InChI is InChI=1S/C16H19N3O5/c1-10(2)16(4,9-17)18-13(20)8-24-15(21)12-7-5-6-11(3)14(12)19(22)23/h5-7,10H,8H2,1-4H3,(H,18,20)/t16-/m0/s1. The SMILES string of the molecule is Cc1cccc(C(=O)OCC(=O)N[C@@](C)(C#N)C(C)C)c1[N+](=O)[O-]. The highest BCUT2D eigenvalue weighted by Crippen LogP contribution is 2.23. The van der Waals surface area contributed by atoms with Crippen LogP contribution in [-0.4, -0.2) is 28.9 Å². The van der Waals surface area contributed by atoms with E-state index in [1.165, 1.54) is 25.1 Å². The van der Waals surface area contributed by atoms with E-state index in [4.69, 9.17) is 10.00 Å². The van der Waals surface area contributed by atoms with Crippen LogP contribution in [0.5, 0.6) is 0 Å². The molecule has 24 heavy (non-hydrogen) atoms. The number of nitrogens with one attached hydrogen (secondary N) is 1. The van der Waals surface area contributed by atoms with Crippen molar-refractivity contribution in [1.29, 1.82) is 5.26 Å². The molecule has 0 aliphatic heterocycles. The van der Waals surface area contributed by atoms with Gasteiger partial charge in [-0.1, -0.05) is 26.0 Å². The molecule has 0 aliphatic carbocycles. The number of nitro benzene ring substituents is 1. The largest absolute Gasteiger partial charge is 0.452 e. The lowest BCUT2D eigenvalue weighted by Crippen LogP contribution is -2.50. The quantitative estimate of drug-likeness (QED) is 0.483. The van der Waals surface area contributed by atoms with Crippen LogP contribution in [0.25, 0.3) is 0 Å². The Labute approximate surface area is 139 Å². The number of carbonyl (C=O) groups is 2. The van der Waals surface area contributed by atoms with Crippen LogP contribution >= 0.6 is 0 Å². The molecule has 0 spiro atoms. The Morgan fingerprint density at radius 1 is 1.46 bits per heavy atom. The summed E-state index contributed by atoms with van der Waals surface area (Å²) in [5, 5.41) is 22.7. The number of carbonyl (C=O) groups excluding carboxylic acids is 2. The van der Waals surface area contributed by atoms with Gasteiger partial charge >= 0.3 is 5.97 Å². The maximum Gasteiger partial charge on any atom is 0.345 e. The van der Waals surface area contributed by atoms with E-state index in [1.54, 1.807) is 20.8 Å². The Balaban J connectivity index is 2.81. The number of benzene rings is 1. The molecule has 0 saturated carbocycles. The molecule has 1 amide bonds. The van der Waals surface area contributed by atoms with Gasteiger partial charge in [0.1, 0.15) is 11.1 Å². The van der Waals surface area contributed by atoms with E-state index in [2.05, 4.69) is 5.32 Å². The fourth-order valence-corrected chi connectivity index (χ4v) is 1.90. The highest BCUT2D eigenvalue weighted by atomic mass is 16.6. The number of hydrogen-bond donors (Lipinski definition) is 1. The van der Waals surface area contributed by atoms with Crippen molar-refractivity contribution in [2.75, 3.05) is 6.61 Å². The highest BCUT2D eigenvalue weighted by Gasteiger charge is 2.30. The molecule has 0 radical (unpaired) electrons. The van der Waals surface area contributed by atoms with Gasteiger partial charge in [-0.3, -0.25) is 14.9 Å². The first-order chi connectivity index (χ1) is 11.1. The Kier molecular flexibility index (Phi) is 6.01. The number of esters is 1. The lowest BCUT2D eigenvalue weighted by atomic mass is 9.90. The molecule has 1 atom stereocenters. The molecule has 0 bridgehead atoms. The average molecular weight is 333 g/mol. The van der Waals surface area contributed by atoms with E-state index >= 15 is 0 Å². The summed E-state index contributed by atoms with van der Waals surface area (Å²) in [6.45, 7) is 5.97. The molecule has 0 saturated heterocycles. The van der Waals surface area contributed by atoms with Crippen LogP contribution in [0.3, 0.4) is 0 Å². The number of amides is 1. The number of rotatable bonds is 6. The number of nitriles is 1. The Morgan fingerprint density at radius 3 is 2.58 bits per heavy atom. The zero-order valence-electron chi connectivity index (χ0n) is 14.0. The molecule has 128 valence electrons. The minimum Gasteiger partial charge on any atom is -0.452 e. The average Bonchev–Trinajstić information content (AvgIpc) is 2.51. The van der Waals surface area contributed by atoms with Gasteiger partial charge in [-0.05, 0) is 25.8 Å². The van der Waals surface area contributed by atoms with Gasteiger partial charge in [0.25, 0.3) is 11.6 Å². The van der Waals surface area contributed by atoms with Crippen molar-refractivity contribution in [3.8, 4) is 6.07 Å². The van der Waals surface area contributed by atoms with Gasteiger partial charge in [0, 0.05) is 5.56 Å². The summed E-state index contributed by atoms with van der Waals surface area (Å²) in [6.07, 6.45) is 0. The molecular formula is C16H19N3O5. The molecule has 8 nitrogen and oxygen atoms in total. The van der Waals surface area contributed by atoms with Crippen molar-refractivity contribution in [2.45, 2.75) is 33.2 Å². The molecule has 0 aliphatic rings. The summed E-state index contributed by atoms with van der Waals surface area (Å²) < 4.78 is 4.84. The molecule has 0 unspecified atom stereocenters. The molecule has 8 heteroatoms. The van der Waals surface area contributed by atoms with Crippen LogP contribution in [0.15, 0.2) is 18.2 Å². The summed E-state index contributed by atoms with van der Waals surface area (Å²) in [5.41, 5.74) is -1.36. The second-order valence-corrected chi connectivity index (χ2v) is 5.82. The van der Waals surface area contributed by atoms with Crippen LogP contribution in [0.4, 0.5) is 5.69 Å². The molecule has 0 aromatic heterocycles. The van der Waals surface area contributed by atoms with Gasteiger partial charge in [0.2, 0.25) is 0 Å². The van der Waals surface area contributed by atoms with Crippen LogP contribution in [0.2, 0.25) is 0 Å². The maximum atomic E-state index is 12.0. The molecule has 1 N–H and O–H groups in total. The number of ether oxygens (including phenoxy) is 1. The van der Waals surface area contributed by atoms with Gasteiger partial charge in [-0.25, -0.2) is 4.79 Å². The van der Waals surface area contributed by atoms with Crippen LogP contribution in [0, 0.1) is 34.3 Å². The first kappa shape index (κ1) is 19.1. The highest BCUT2D eigenvalue weighted by molar-refractivity contribution is 5.95. The first-order valence-electron chi connectivity index (χ1n) is 7.25. The van der Waals surface area contributed by atoms with Crippen molar-refractivity contribution in [3.05, 3.63) is 39.4 Å². The number of para-hydroxylation sites is 1. The molecule has 1 rings (SSSR count). The number of nitrogens with zero attached hydrogens (tertiary/aromatic N) is 2. The smallest absolute Gasteiger partial charge is 0.345 e. The van der Waals surface area contributed by atoms with E-state index < -0.39 is 28.9 Å². The van der Waals surface area contributed by atoms with Gasteiger partial charge in [-0.15, -0.1) is 0 Å². The van der Waals surface area contributed by atoms with Gasteiger partial charge in [0.15, 0.2) is 6.61 Å². The maximum absolute atomic E-state index is 12.0. The zero-order chi connectivity index (χ0) is 18.5. The second kappa shape index (κ2) is 7.55. The Bertz CT molecular complexity index is 708. The third-order valence-corrected chi connectivity index (χ3v) is 3.76. The minimum atomic E-state index is -1.10. The molecule has 0 fully saturated rings. The van der Waals surface area contributed by atoms with Gasteiger partial charge in [0.05, 0.1) is 11.0 Å². The molecule has 1 aromatic rings. The van der Waals surface area contributed by atoms with Gasteiger partial charge in [-0.2, -0.15) is 5.26 Å². The lowest BCUT2D eigenvalue weighted by Gasteiger charge is -2.27. The van der Waals surface area contributed by atoms with Crippen LogP contribution in [0.1, 0.15) is 36.7 Å². The lowest BCUT2D eigenvalue weighted by molar-refractivity contribution is -0.385. The van der Waals surface area contributed by atoms with Crippen molar-refractivity contribution in [1.82, 2.24) is 5.32 Å². The van der Waals surface area contributed by atoms with Crippen molar-refractivity contribution < 1.29 is 19.2 Å². The first-order valence-corrected chi connectivity index (χ1v) is 7.25. The summed E-state index contributed by atoms with van der Waals surface area (Å²) in [7, 11) is 0. The normalized spacial score (nSPS) is 12.8. The summed E-state index contributed by atoms with van der Waals surface area (Å²) in [5.74, 6) is -1.78. The van der Waals surface area contributed by atoms with Crippen molar-refractivity contribution >= 4 is 17.6 Å². The monoisotopic (exact) mass is 333 g/mol. The molecule has 1 aromatic carbocycles.